The predicted octanol–water partition coefficient (Wildman–Crippen LogP) is 4.09. The quantitative estimate of drug-likeness (QED) is 0.795. The van der Waals surface area contributed by atoms with Crippen molar-refractivity contribution in [1.29, 1.82) is 0 Å². The van der Waals surface area contributed by atoms with Gasteiger partial charge in [-0.2, -0.15) is 0 Å². The van der Waals surface area contributed by atoms with Crippen LogP contribution in [0.25, 0.3) is 0 Å². The fourth-order valence-corrected chi connectivity index (χ4v) is 4.13. The first-order valence-electron chi connectivity index (χ1n) is 10.4. The Hall–Kier alpha value is -1.55. The molecule has 1 amide bonds. The van der Waals surface area contributed by atoms with Crippen molar-refractivity contribution < 1.29 is 9.53 Å². The molecule has 2 fully saturated rings. The summed E-state index contributed by atoms with van der Waals surface area (Å²) < 4.78 is 5.95. The number of nitrogens with zero attached hydrogens (tertiary/aromatic N) is 2. The van der Waals surface area contributed by atoms with Gasteiger partial charge in [0.15, 0.2) is 0 Å². The molecule has 26 heavy (non-hydrogen) atoms. The normalized spacial score (nSPS) is 20.2. The Morgan fingerprint density at radius 3 is 2.35 bits per heavy atom. The number of piperidine rings is 1. The van der Waals surface area contributed by atoms with E-state index < -0.39 is 0 Å². The van der Waals surface area contributed by atoms with E-state index in [1.165, 1.54) is 31.2 Å². The number of ether oxygens (including phenoxy) is 1. The molecule has 0 radical (unpaired) electrons. The first-order chi connectivity index (χ1) is 12.6. The molecular formula is C22H34N2O2. The van der Waals surface area contributed by atoms with Crippen LogP contribution in [-0.2, 0) is 11.3 Å². The minimum absolute atomic E-state index is 0.188. The van der Waals surface area contributed by atoms with Gasteiger partial charge >= 0.3 is 0 Å². The van der Waals surface area contributed by atoms with Gasteiger partial charge in [-0.25, -0.2) is 0 Å². The fraction of sp³-hybridized carbons (Fsp3) is 0.682. The van der Waals surface area contributed by atoms with Crippen molar-refractivity contribution in [3.63, 3.8) is 0 Å². The summed E-state index contributed by atoms with van der Waals surface area (Å²) in [6.45, 7) is 8.99. The molecule has 0 aromatic heterocycles. The lowest BCUT2D eigenvalue weighted by Gasteiger charge is -2.34. The number of carbonyl (C=O) groups is 1. The highest BCUT2D eigenvalue weighted by molar-refractivity contribution is 5.79. The predicted molar refractivity (Wildman–Crippen MR) is 105 cm³/mol. The van der Waals surface area contributed by atoms with Crippen molar-refractivity contribution in [2.24, 2.45) is 5.92 Å². The van der Waals surface area contributed by atoms with Crippen LogP contribution in [0, 0.1) is 5.92 Å². The van der Waals surface area contributed by atoms with Gasteiger partial charge in [0, 0.05) is 31.1 Å². The molecule has 0 bridgehead atoms. The van der Waals surface area contributed by atoms with Gasteiger partial charge in [-0.3, -0.25) is 9.69 Å². The number of amides is 1. The highest BCUT2D eigenvalue weighted by atomic mass is 16.5. The average molecular weight is 359 g/mol. The van der Waals surface area contributed by atoms with E-state index in [0.717, 1.165) is 51.3 Å². The standard InChI is InChI=1S/C22H34N2O2/c1-18(2)26-21-10-6-5-9-20(21)17-23-15-11-19(12-16-23)22(25)24-13-7-3-4-8-14-24/h5-6,9-10,18-19H,3-4,7-8,11-17H2,1-2H3. The molecule has 2 aliphatic rings. The van der Waals surface area contributed by atoms with Gasteiger partial charge < -0.3 is 9.64 Å². The van der Waals surface area contributed by atoms with E-state index in [9.17, 15) is 4.79 Å². The summed E-state index contributed by atoms with van der Waals surface area (Å²) in [6.07, 6.45) is 7.08. The van der Waals surface area contributed by atoms with Gasteiger partial charge in [0.2, 0.25) is 5.91 Å². The van der Waals surface area contributed by atoms with E-state index in [-0.39, 0.29) is 12.0 Å². The smallest absolute Gasteiger partial charge is 0.225 e. The largest absolute Gasteiger partial charge is 0.491 e. The van der Waals surface area contributed by atoms with Crippen LogP contribution in [0.2, 0.25) is 0 Å². The summed E-state index contributed by atoms with van der Waals surface area (Å²) in [5, 5.41) is 0. The van der Waals surface area contributed by atoms with Crippen LogP contribution in [0.1, 0.15) is 57.9 Å². The van der Waals surface area contributed by atoms with Crippen molar-refractivity contribution in [2.75, 3.05) is 26.2 Å². The molecule has 4 nitrogen and oxygen atoms in total. The second-order valence-corrected chi connectivity index (χ2v) is 8.06. The van der Waals surface area contributed by atoms with E-state index in [1.54, 1.807) is 0 Å². The first-order valence-corrected chi connectivity index (χ1v) is 10.4. The van der Waals surface area contributed by atoms with Crippen molar-refractivity contribution in [3.8, 4) is 5.75 Å². The SMILES string of the molecule is CC(C)Oc1ccccc1CN1CCC(C(=O)N2CCCCCC2)CC1. The second-order valence-electron chi connectivity index (χ2n) is 8.06. The molecule has 2 aliphatic heterocycles. The third kappa shape index (κ3) is 5.23. The summed E-state index contributed by atoms with van der Waals surface area (Å²) in [6, 6.07) is 8.34. The summed E-state index contributed by atoms with van der Waals surface area (Å²) in [5.41, 5.74) is 1.25. The molecule has 144 valence electrons. The Morgan fingerprint density at radius 1 is 1.04 bits per heavy atom. The van der Waals surface area contributed by atoms with Crippen LogP contribution in [0.15, 0.2) is 24.3 Å². The summed E-state index contributed by atoms with van der Waals surface area (Å²) in [5.74, 6) is 1.63. The number of carbonyl (C=O) groups excluding carboxylic acids is 1. The van der Waals surface area contributed by atoms with Gasteiger partial charge in [-0.1, -0.05) is 31.0 Å². The second kappa shape index (κ2) is 9.40. The molecule has 2 saturated heterocycles. The van der Waals surface area contributed by atoms with Gasteiger partial charge in [0.05, 0.1) is 6.10 Å². The Morgan fingerprint density at radius 2 is 1.69 bits per heavy atom. The minimum Gasteiger partial charge on any atom is -0.491 e. The Kier molecular flexibility index (Phi) is 6.95. The summed E-state index contributed by atoms with van der Waals surface area (Å²) in [7, 11) is 0. The highest BCUT2D eigenvalue weighted by Gasteiger charge is 2.29. The maximum absolute atomic E-state index is 12.8. The number of rotatable bonds is 5. The van der Waals surface area contributed by atoms with Crippen LogP contribution in [0.3, 0.4) is 0 Å². The zero-order valence-electron chi connectivity index (χ0n) is 16.5. The first kappa shape index (κ1) is 19.2. The lowest BCUT2D eigenvalue weighted by molar-refractivity contribution is -0.137. The van der Waals surface area contributed by atoms with Crippen LogP contribution >= 0.6 is 0 Å². The molecule has 1 aromatic carbocycles. The van der Waals surface area contributed by atoms with Gasteiger partial charge in [-0.05, 0) is 58.7 Å². The van der Waals surface area contributed by atoms with Crippen LogP contribution in [0.4, 0.5) is 0 Å². The van der Waals surface area contributed by atoms with Crippen molar-refractivity contribution in [3.05, 3.63) is 29.8 Å². The van der Waals surface area contributed by atoms with Crippen LogP contribution in [0.5, 0.6) is 5.75 Å². The van der Waals surface area contributed by atoms with E-state index >= 15 is 0 Å². The molecular weight excluding hydrogens is 324 g/mol. The van der Waals surface area contributed by atoms with E-state index in [4.69, 9.17) is 4.74 Å². The highest BCUT2D eigenvalue weighted by Crippen LogP contribution is 2.26. The Balaban J connectivity index is 1.52. The molecule has 0 N–H and O–H groups in total. The topological polar surface area (TPSA) is 32.8 Å². The Bertz CT molecular complexity index is 571. The number of para-hydroxylation sites is 1. The number of hydrogen-bond acceptors (Lipinski definition) is 3. The molecule has 0 unspecified atom stereocenters. The zero-order valence-corrected chi connectivity index (χ0v) is 16.5. The number of likely N-dealkylation sites (tertiary alicyclic amines) is 2. The van der Waals surface area contributed by atoms with E-state index in [0.29, 0.717) is 5.91 Å². The maximum Gasteiger partial charge on any atom is 0.225 e. The Labute approximate surface area is 158 Å². The third-order valence-corrected chi connectivity index (χ3v) is 5.58. The van der Waals surface area contributed by atoms with Crippen molar-refractivity contribution >= 4 is 5.91 Å². The molecule has 0 aliphatic carbocycles. The lowest BCUT2D eigenvalue weighted by Crippen LogP contribution is -2.42. The van der Waals surface area contributed by atoms with Crippen molar-refractivity contribution in [1.82, 2.24) is 9.80 Å². The number of hydrogen-bond donors (Lipinski definition) is 0. The molecule has 1 aromatic rings. The van der Waals surface area contributed by atoms with E-state index in [1.807, 2.05) is 6.07 Å². The third-order valence-electron chi connectivity index (χ3n) is 5.58. The van der Waals surface area contributed by atoms with E-state index in [2.05, 4.69) is 41.8 Å². The molecule has 0 atom stereocenters. The maximum atomic E-state index is 12.8. The average Bonchev–Trinajstić information content (AvgIpc) is 2.92. The van der Waals surface area contributed by atoms with Gasteiger partial charge in [0.1, 0.15) is 5.75 Å². The van der Waals surface area contributed by atoms with Gasteiger partial charge in [0.25, 0.3) is 0 Å². The van der Waals surface area contributed by atoms with Crippen LogP contribution < -0.4 is 4.74 Å². The summed E-state index contributed by atoms with van der Waals surface area (Å²) in [4.78, 5) is 17.4. The monoisotopic (exact) mass is 358 g/mol. The van der Waals surface area contributed by atoms with Crippen LogP contribution in [-0.4, -0.2) is 48.0 Å². The molecule has 0 spiro atoms. The number of benzene rings is 1. The molecule has 2 heterocycles. The lowest BCUT2D eigenvalue weighted by atomic mass is 9.94. The fourth-order valence-electron chi connectivity index (χ4n) is 4.13. The zero-order chi connectivity index (χ0) is 18.4. The molecule has 4 heteroatoms. The molecule has 0 saturated carbocycles. The molecule has 3 rings (SSSR count). The minimum atomic E-state index is 0.188. The van der Waals surface area contributed by atoms with Crippen molar-refractivity contribution in [2.45, 2.75) is 65.0 Å². The summed E-state index contributed by atoms with van der Waals surface area (Å²) >= 11 is 0. The van der Waals surface area contributed by atoms with Gasteiger partial charge in [-0.15, -0.1) is 0 Å².